The molecule has 0 amide bonds. The average molecular weight is 292 g/mol. The molecular formula is C13H19Cl2NO2. The molecule has 18 heavy (non-hydrogen) atoms. The Kier molecular flexibility index (Phi) is 7.63. The van der Waals surface area contributed by atoms with Crippen LogP contribution in [-0.2, 0) is 0 Å². The first-order valence-corrected chi connectivity index (χ1v) is 6.85. The zero-order valence-electron chi connectivity index (χ0n) is 10.2. The molecule has 1 aromatic rings. The third-order valence-electron chi connectivity index (χ3n) is 2.67. The SMILES string of the molecule is OCCCCCNCC(O)c1cc(Cl)ccc1Cl. The Balaban J connectivity index is 2.31. The van der Waals surface area contributed by atoms with E-state index in [0.717, 1.165) is 25.8 Å². The first-order valence-electron chi connectivity index (χ1n) is 6.09. The third kappa shape index (κ3) is 5.55. The van der Waals surface area contributed by atoms with Crippen molar-refractivity contribution in [3.8, 4) is 0 Å². The predicted molar refractivity (Wildman–Crippen MR) is 75.2 cm³/mol. The van der Waals surface area contributed by atoms with Gasteiger partial charge in [0.1, 0.15) is 0 Å². The highest BCUT2D eigenvalue weighted by atomic mass is 35.5. The zero-order valence-corrected chi connectivity index (χ0v) is 11.7. The Morgan fingerprint density at radius 1 is 1.17 bits per heavy atom. The molecule has 1 aromatic carbocycles. The molecule has 0 aromatic heterocycles. The molecule has 1 unspecified atom stereocenters. The Morgan fingerprint density at radius 3 is 2.67 bits per heavy atom. The zero-order chi connectivity index (χ0) is 13.4. The fourth-order valence-corrected chi connectivity index (χ4v) is 2.08. The van der Waals surface area contributed by atoms with Crippen LogP contribution in [0.25, 0.3) is 0 Å². The summed E-state index contributed by atoms with van der Waals surface area (Å²) in [4.78, 5) is 0. The van der Waals surface area contributed by atoms with Crippen molar-refractivity contribution < 1.29 is 10.2 Å². The van der Waals surface area contributed by atoms with E-state index in [1.807, 2.05) is 0 Å². The first-order chi connectivity index (χ1) is 8.65. The van der Waals surface area contributed by atoms with Gasteiger partial charge in [-0.25, -0.2) is 0 Å². The molecule has 3 nitrogen and oxygen atoms in total. The van der Waals surface area contributed by atoms with Gasteiger partial charge in [0, 0.05) is 28.8 Å². The van der Waals surface area contributed by atoms with E-state index < -0.39 is 6.10 Å². The first kappa shape index (κ1) is 15.7. The standard InChI is InChI=1S/C13H19Cl2NO2/c14-10-4-5-12(15)11(8-10)13(18)9-16-6-2-1-3-7-17/h4-5,8,13,16-18H,1-3,6-7,9H2. The Hall–Kier alpha value is -0.320. The second kappa shape index (κ2) is 8.73. The number of rotatable bonds is 8. The van der Waals surface area contributed by atoms with Gasteiger partial charge in [0.15, 0.2) is 0 Å². The fraction of sp³-hybridized carbons (Fsp3) is 0.538. The van der Waals surface area contributed by atoms with Crippen molar-refractivity contribution >= 4 is 23.2 Å². The highest BCUT2D eigenvalue weighted by molar-refractivity contribution is 6.33. The monoisotopic (exact) mass is 291 g/mol. The van der Waals surface area contributed by atoms with E-state index in [0.29, 0.717) is 22.2 Å². The number of hydrogen-bond acceptors (Lipinski definition) is 3. The summed E-state index contributed by atoms with van der Waals surface area (Å²) in [6, 6.07) is 5.06. The van der Waals surface area contributed by atoms with Crippen LogP contribution in [0.5, 0.6) is 0 Å². The molecule has 0 aliphatic carbocycles. The van der Waals surface area contributed by atoms with Crippen LogP contribution in [0, 0.1) is 0 Å². The number of unbranched alkanes of at least 4 members (excludes halogenated alkanes) is 2. The fourth-order valence-electron chi connectivity index (χ4n) is 1.66. The topological polar surface area (TPSA) is 52.5 Å². The summed E-state index contributed by atoms with van der Waals surface area (Å²) >= 11 is 11.9. The molecule has 0 saturated heterocycles. The molecule has 0 spiro atoms. The number of aliphatic hydroxyl groups is 2. The van der Waals surface area contributed by atoms with Crippen LogP contribution in [0.2, 0.25) is 10.0 Å². The van der Waals surface area contributed by atoms with Crippen molar-refractivity contribution in [2.24, 2.45) is 0 Å². The largest absolute Gasteiger partial charge is 0.396 e. The predicted octanol–water partition coefficient (Wildman–Crippen LogP) is 2.78. The van der Waals surface area contributed by atoms with Crippen molar-refractivity contribution in [1.29, 1.82) is 0 Å². The molecule has 0 bridgehead atoms. The quantitative estimate of drug-likeness (QED) is 0.646. The van der Waals surface area contributed by atoms with Crippen molar-refractivity contribution in [1.82, 2.24) is 5.32 Å². The number of benzene rings is 1. The van der Waals surface area contributed by atoms with E-state index in [1.165, 1.54) is 0 Å². The summed E-state index contributed by atoms with van der Waals surface area (Å²) in [6.45, 7) is 1.50. The van der Waals surface area contributed by atoms with Crippen molar-refractivity contribution in [3.63, 3.8) is 0 Å². The lowest BCUT2D eigenvalue weighted by Crippen LogP contribution is -2.22. The van der Waals surface area contributed by atoms with E-state index in [9.17, 15) is 5.11 Å². The van der Waals surface area contributed by atoms with Crippen molar-refractivity contribution in [2.45, 2.75) is 25.4 Å². The molecule has 0 saturated carbocycles. The number of nitrogens with one attached hydrogen (secondary N) is 1. The summed E-state index contributed by atoms with van der Waals surface area (Å²) in [5, 5.41) is 22.9. The summed E-state index contributed by atoms with van der Waals surface area (Å²) < 4.78 is 0. The van der Waals surface area contributed by atoms with Crippen LogP contribution < -0.4 is 5.32 Å². The minimum atomic E-state index is -0.658. The molecule has 0 aliphatic rings. The van der Waals surface area contributed by atoms with Gasteiger partial charge < -0.3 is 15.5 Å². The Labute approximate surface area is 118 Å². The summed E-state index contributed by atoms with van der Waals surface area (Å²) in [5.41, 5.74) is 0.645. The maximum atomic E-state index is 9.98. The van der Waals surface area contributed by atoms with Gasteiger partial charge in [0.2, 0.25) is 0 Å². The van der Waals surface area contributed by atoms with E-state index >= 15 is 0 Å². The van der Waals surface area contributed by atoms with Crippen LogP contribution in [0.3, 0.4) is 0 Å². The van der Waals surface area contributed by atoms with Gasteiger partial charge in [-0.15, -0.1) is 0 Å². The molecular weight excluding hydrogens is 273 g/mol. The lowest BCUT2D eigenvalue weighted by molar-refractivity contribution is 0.174. The number of aliphatic hydroxyl groups excluding tert-OH is 2. The van der Waals surface area contributed by atoms with Crippen LogP contribution in [0.1, 0.15) is 30.9 Å². The van der Waals surface area contributed by atoms with Crippen LogP contribution in [-0.4, -0.2) is 29.9 Å². The lowest BCUT2D eigenvalue weighted by atomic mass is 10.1. The molecule has 1 atom stereocenters. The molecule has 5 heteroatoms. The molecule has 3 N–H and O–H groups in total. The lowest BCUT2D eigenvalue weighted by Gasteiger charge is -2.14. The molecule has 0 aliphatic heterocycles. The highest BCUT2D eigenvalue weighted by Crippen LogP contribution is 2.25. The van der Waals surface area contributed by atoms with Gasteiger partial charge in [-0.1, -0.05) is 23.2 Å². The van der Waals surface area contributed by atoms with Crippen LogP contribution >= 0.6 is 23.2 Å². The molecule has 1 rings (SSSR count). The molecule has 0 fully saturated rings. The minimum Gasteiger partial charge on any atom is -0.396 e. The molecule has 0 radical (unpaired) electrons. The van der Waals surface area contributed by atoms with Gasteiger partial charge in [0.05, 0.1) is 6.10 Å². The summed E-state index contributed by atoms with van der Waals surface area (Å²) in [6.07, 6.45) is 2.13. The van der Waals surface area contributed by atoms with E-state index in [2.05, 4.69) is 5.32 Å². The third-order valence-corrected chi connectivity index (χ3v) is 3.25. The average Bonchev–Trinajstić information content (AvgIpc) is 2.36. The smallest absolute Gasteiger partial charge is 0.0929 e. The second-order valence-electron chi connectivity index (χ2n) is 4.17. The van der Waals surface area contributed by atoms with E-state index in [-0.39, 0.29) is 6.61 Å². The normalized spacial score (nSPS) is 12.7. The molecule has 102 valence electrons. The number of hydrogen-bond donors (Lipinski definition) is 3. The maximum absolute atomic E-state index is 9.98. The summed E-state index contributed by atoms with van der Waals surface area (Å²) in [7, 11) is 0. The minimum absolute atomic E-state index is 0.237. The van der Waals surface area contributed by atoms with Gasteiger partial charge in [0.25, 0.3) is 0 Å². The highest BCUT2D eigenvalue weighted by Gasteiger charge is 2.11. The van der Waals surface area contributed by atoms with Crippen molar-refractivity contribution in [2.75, 3.05) is 19.7 Å². The van der Waals surface area contributed by atoms with Gasteiger partial charge in [-0.05, 0) is 44.0 Å². The van der Waals surface area contributed by atoms with Gasteiger partial charge in [-0.2, -0.15) is 0 Å². The maximum Gasteiger partial charge on any atom is 0.0929 e. The van der Waals surface area contributed by atoms with E-state index in [1.54, 1.807) is 18.2 Å². The Bertz CT molecular complexity index is 361. The number of halogens is 2. The van der Waals surface area contributed by atoms with Crippen LogP contribution in [0.15, 0.2) is 18.2 Å². The van der Waals surface area contributed by atoms with Gasteiger partial charge in [-0.3, -0.25) is 0 Å². The Morgan fingerprint density at radius 2 is 1.94 bits per heavy atom. The van der Waals surface area contributed by atoms with Crippen LogP contribution in [0.4, 0.5) is 0 Å². The van der Waals surface area contributed by atoms with Crippen molar-refractivity contribution in [3.05, 3.63) is 33.8 Å². The van der Waals surface area contributed by atoms with Gasteiger partial charge >= 0.3 is 0 Å². The second-order valence-corrected chi connectivity index (χ2v) is 5.01. The summed E-state index contributed by atoms with van der Waals surface area (Å²) in [5.74, 6) is 0. The molecule has 0 heterocycles. The van der Waals surface area contributed by atoms with E-state index in [4.69, 9.17) is 28.3 Å².